The first-order chi connectivity index (χ1) is 12.7. The van der Waals surface area contributed by atoms with E-state index in [4.69, 9.17) is 4.74 Å². The van der Waals surface area contributed by atoms with Gasteiger partial charge in [-0.25, -0.2) is 4.68 Å². The van der Waals surface area contributed by atoms with Crippen molar-refractivity contribution in [3.63, 3.8) is 0 Å². The van der Waals surface area contributed by atoms with E-state index in [1.165, 1.54) is 11.9 Å². The van der Waals surface area contributed by atoms with Gasteiger partial charge in [-0.1, -0.05) is 48.5 Å². The average Bonchev–Trinajstić information content (AvgIpc) is 3.16. The molecule has 0 saturated carbocycles. The van der Waals surface area contributed by atoms with E-state index in [9.17, 15) is 4.79 Å². The molecule has 2 heterocycles. The molecule has 3 aromatic rings. The molecule has 0 spiro atoms. The summed E-state index contributed by atoms with van der Waals surface area (Å²) in [6.45, 7) is 2.01. The van der Waals surface area contributed by atoms with Crippen LogP contribution in [0.25, 0.3) is 0 Å². The van der Waals surface area contributed by atoms with Crippen molar-refractivity contribution in [1.82, 2.24) is 14.8 Å². The second-order valence-electron chi connectivity index (χ2n) is 6.38. The largest absolute Gasteiger partial charge is 0.484 e. The van der Waals surface area contributed by atoms with Crippen molar-refractivity contribution in [2.45, 2.75) is 25.4 Å². The van der Waals surface area contributed by atoms with Crippen molar-refractivity contribution in [1.29, 1.82) is 0 Å². The topological polar surface area (TPSA) is 60.2 Å². The van der Waals surface area contributed by atoms with Crippen LogP contribution in [-0.2, 0) is 4.79 Å². The minimum absolute atomic E-state index is 0.00350. The molecular weight excluding hydrogens is 328 g/mol. The van der Waals surface area contributed by atoms with E-state index >= 15 is 0 Å². The Labute approximate surface area is 152 Å². The highest BCUT2D eigenvalue weighted by molar-refractivity contribution is 5.93. The van der Waals surface area contributed by atoms with Crippen LogP contribution in [0.15, 0.2) is 67.0 Å². The van der Waals surface area contributed by atoms with Gasteiger partial charge >= 0.3 is 0 Å². The quantitative estimate of drug-likeness (QED) is 0.727. The van der Waals surface area contributed by atoms with E-state index in [1.807, 2.05) is 60.1 Å². The first kappa shape index (κ1) is 16.3. The summed E-state index contributed by atoms with van der Waals surface area (Å²) in [6, 6.07) is 19.6. The summed E-state index contributed by atoms with van der Waals surface area (Å²) in [4.78, 5) is 18.8. The summed E-state index contributed by atoms with van der Waals surface area (Å²) < 4.78 is 7.45. The van der Waals surface area contributed by atoms with Crippen molar-refractivity contribution >= 4 is 11.9 Å². The number of aromatic nitrogens is 3. The number of nitrogens with zero attached hydrogens (tertiary/aromatic N) is 4. The van der Waals surface area contributed by atoms with Gasteiger partial charge in [0.2, 0.25) is 5.95 Å². The maximum atomic E-state index is 12.8. The third-order valence-corrected chi connectivity index (χ3v) is 4.63. The van der Waals surface area contributed by atoms with Crippen molar-refractivity contribution in [3.05, 3.63) is 72.6 Å². The lowest BCUT2D eigenvalue weighted by Crippen LogP contribution is -2.47. The standard InChI is InChI=1S/C20H20N4O2/c1-15-12-18(16-8-4-2-5-9-16)24-20(21-14-22-24)23(15)19(25)13-26-17-10-6-3-7-11-17/h2-11,14-15,18H,12-13H2,1H3/t15-,18-/m1/s1. The predicted molar refractivity (Wildman–Crippen MR) is 98.1 cm³/mol. The number of anilines is 1. The molecule has 26 heavy (non-hydrogen) atoms. The number of rotatable bonds is 4. The van der Waals surface area contributed by atoms with E-state index in [2.05, 4.69) is 22.2 Å². The molecule has 1 amide bonds. The minimum atomic E-state index is -0.123. The maximum Gasteiger partial charge on any atom is 0.267 e. The zero-order chi connectivity index (χ0) is 17.9. The third kappa shape index (κ3) is 3.06. The molecule has 2 atom stereocenters. The van der Waals surface area contributed by atoms with Crippen LogP contribution in [0, 0.1) is 0 Å². The lowest BCUT2D eigenvalue weighted by molar-refractivity contribution is -0.121. The Morgan fingerprint density at radius 3 is 2.54 bits per heavy atom. The summed E-state index contributed by atoms with van der Waals surface area (Å²) in [5, 5.41) is 4.37. The van der Waals surface area contributed by atoms with Crippen LogP contribution in [0.1, 0.15) is 24.9 Å². The highest BCUT2D eigenvalue weighted by atomic mass is 16.5. The Hall–Kier alpha value is -3.15. The van der Waals surface area contributed by atoms with Gasteiger partial charge in [0.05, 0.1) is 6.04 Å². The molecule has 1 aliphatic heterocycles. The molecule has 0 fully saturated rings. The van der Waals surface area contributed by atoms with Crippen LogP contribution >= 0.6 is 0 Å². The van der Waals surface area contributed by atoms with E-state index in [-0.39, 0.29) is 24.6 Å². The van der Waals surface area contributed by atoms with Gasteiger partial charge in [0.15, 0.2) is 6.61 Å². The smallest absolute Gasteiger partial charge is 0.267 e. The Bertz CT molecular complexity index is 879. The Balaban J connectivity index is 1.56. The van der Waals surface area contributed by atoms with Crippen molar-refractivity contribution in [2.75, 3.05) is 11.5 Å². The predicted octanol–water partition coefficient (Wildman–Crippen LogP) is 3.07. The van der Waals surface area contributed by atoms with E-state index in [0.29, 0.717) is 11.7 Å². The number of fused-ring (bicyclic) bond motifs is 1. The highest BCUT2D eigenvalue weighted by Gasteiger charge is 2.36. The molecule has 0 saturated heterocycles. The van der Waals surface area contributed by atoms with Crippen LogP contribution in [0.5, 0.6) is 5.75 Å². The number of hydrogen-bond acceptors (Lipinski definition) is 4. The van der Waals surface area contributed by atoms with Gasteiger partial charge in [-0.15, -0.1) is 0 Å². The minimum Gasteiger partial charge on any atom is -0.484 e. The van der Waals surface area contributed by atoms with Gasteiger partial charge in [0.1, 0.15) is 12.1 Å². The van der Waals surface area contributed by atoms with Crippen LogP contribution in [0.4, 0.5) is 5.95 Å². The summed E-state index contributed by atoms with van der Waals surface area (Å²) in [6.07, 6.45) is 2.28. The lowest BCUT2D eigenvalue weighted by atomic mass is 9.97. The first-order valence-corrected chi connectivity index (χ1v) is 8.68. The number of carbonyl (C=O) groups is 1. The van der Waals surface area contributed by atoms with Crippen LogP contribution < -0.4 is 9.64 Å². The normalized spacial score (nSPS) is 19.0. The zero-order valence-corrected chi connectivity index (χ0v) is 14.5. The van der Waals surface area contributed by atoms with Gasteiger partial charge in [-0.2, -0.15) is 10.1 Å². The number of carbonyl (C=O) groups excluding carboxylic acids is 1. The molecule has 4 rings (SSSR count). The molecule has 0 bridgehead atoms. The lowest BCUT2D eigenvalue weighted by Gasteiger charge is -2.37. The molecule has 6 heteroatoms. The van der Waals surface area contributed by atoms with Gasteiger partial charge in [-0.3, -0.25) is 9.69 Å². The molecular formula is C20H20N4O2. The Kier molecular flexibility index (Phi) is 4.39. The molecule has 2 aromatic carbocycles. The van der Waals surface area contributed by atoms with Gasteiger partial charge < -0.3 is 4.74 Å². The third-order valence-electron chi connectivity index (χ3n) is 4.63. The molecule has 1 aliphatic rings. The first-order valence-electron chi connectivity index (χ1n) is 8.68. The van der Waals surface area contributed by atoms with Gasteiger partial charge in [0, 0.05) is 6.04 Å². The number of hydrogen-bond donors (Lipinski definition) is 0. The van der Waals surface area contributed by atoms with Crippen molar-refractivity contribution < 1.29 is 9.53 Å². The maximum absolute atomic E-state index is 12.8. The summed E-state index contributed by atoms with van der Waals surface area (Å²) in [5.41, 5.74) is 1.17. The summed E-state index contributed by atoms with van der Waals surface area (Å²) >= 11 is 0. The van der Waals surface area contributed by atoms with E-state index in [1.54, 1.807) is 4.90 Å². The SMILES string of the molecule is C[C@@H]1C[C@H](c2ccccc2)n2ncnc2N1C(=O)COc1ccccc1. The number of benzene rings is 2. The van der Waals surface area contributed by atoms with Crippen LogP contribution in [0.3, 0.4) is 0 Å². The average molecular weight is 348 g/mol. The Morgan fingerprint density at radius 1 is 1.12 bits per heavy atom. The molecule has 0 radical (unpaired) electrons. The fourth-order valence-electron chi connectivity index (χ4n) is 3.40. The zero-order valence-electron chi connectivity index (χ0n) is 14.5. The second-order valence-corrected chi connectivity index (χ2v) is 6.38. The van der Waals surface area contributed by atoms with Gasteiger partial charge in [-0.05, 0) is 31.0 Å². The highest BCUT2D eigenvalue weighted by Crippen LogP contribution is 2.34. The molecule has 132 valence electrons. The molecule has 6 nitrogen and oxygen atoms in total. The van der Waals surface area contributed by atoms with Crippen molar-refractivity contribution in [3.8, 4) is 5.75 Å². The van der Waals surface area contributed by atoms with Crippen molar-refractivity contribution in [2.24, 2.45) is 0 Å². The number of ether oxygens (including phenoxy) is 1. The molecule has 1 aromatic heterocycles. The summed E-state index contributed by atoms with van der Waals surface area (Å²) in [5.74, 6) is 1.12. The number of amides is 1. The summed E-state index contributed by atoms with van der Waals surface area (Å²) in [7, 11) is 0. The number of para-hydroxylation sites is 1. The molecule has 0 N–H and O–H groups in total. The monoisotopic (exact) mass is 348 g/mol. The van der Waals surface area contributed by atoms with Crippen LogP contribution in [-0.4, -0.2) is 33.3 Å². The van der Waals surface area contributed by atoms with Crippen LogP contribution in [0.2, 0.25) is 0 Å². The molecule has 0 aliphatic carbocycles. The fraction of sp³-hybridized carbons (Fsp3) is 0.250. The van der Waals surface area contributed by atoms with Gasteiger partial charge in [0.25, 0.3) is 5.91 Å². The van der Waals surface area contributed by atoms with E-state index < -0.39 is 0 Å². The van der Waals surface area contributed by atoms with E-state index in [0.717, 1.165) is 6.42 Å². The second kappa shape index (κ2) is 7.00. The Morgan fingerprint density at radius 2 is 1.81 bits per heavy atom. The fourth-order valence-corrected chi connectivity index (χ4v) is 3.40. The molecule has 0 unspecified atom stereocenters.